The van der Waals surface area contributed by atoms with Gasteiger partial charge < -0.3 is 25.0 Å². The number of esters is 1. The summed E-state index contributed by atoms with van der Waals surface area (Å²) in [6, 6.07) is 5.70. The van der Waals surface area contributed by atoms with Crippen molar-refractivity contribution in [1.29, 1.82) is 0 Å². The van der Waals surface area contributed by atoms with Crippen molar-refractivity contribution in [3.63, 3.8) is 0 Å². The van der Waals surface area contributed by atoms with Crippen LogP contribution in [0.15, 0.2) is 24.3 Å². The number of carbonyl (C=O) groups excluding carboxylic acids is 4. The Bertz CT molecular complexity index is 1420. The number of likely N-dealkylation sites (tertiary alicyclic amines) is 1. The van der Waals surface area contributed by atoms with Crippen LogP contribution in [0.5, 0.6) is 0 Å². The molecule has 48 heavy (non-hydrogen) atoms. The Kier molecular flexibility index (Phi) is 11.8. The third kappa shape index (κ3) is 10.6. The summed E-state index contributed by atoms with van der Waals surface area (Å²) in [5.41, 5.74) is -0.337. The lowest BCUT2D eigenvalue weighted by Gasteiger charge is -2.37. The number of anilines is 1. The van der Waals surface area contributed by atoms with Gasteiger partial charge in [0.1, 0.15) is 17.2 Å². The number of alkyl carbamates (subject to hydrolysis) is 1. The highest BCUT2D eigenvalue weighted by molar-refractivity contribution is 7.88. The Balaban J connectivity index is 1.41. The van der Waals surface area contributed by atoms with Crippen molar-refractivity contribution in [2.45, 2.75) is 96.9 Å². The number of benzene rings is 1. The Morgan fingerprint density at radius 3 is 1.98 bits per heavy atom. The second kappa shape index (κ2) is 15.1. The molecular weight excluding hydrogens is 638 g/mol. The maximum Gasteiger partial charge on any atom is 0.407 e. The molecule has 1 aromatic rings. The fraction of sp³-hybridized carbons (Fsp3) is 0.706. The molecule has 268 valence electrons. The fourth-order valence-corrected chi connectivity index (χ4v) is 7.44. The Labute approximate surface area is 285 Å². The van der Waals surface area contributed by atoms with E-state index in [1.54, 1.807) is 49.9 Å². The molecule has 0 radical (unpaired) electrons. The molecule has 0 spiro atoms. The van der Waals surface area contributed by atoms with Gasteiger partial charge in [-0.05, 0) is 104 Å². The molecule has 3 fully saturated rings. The van der Waals surface area contributed by atoms with E-state index in [9.17, 15) is 27.6 Å². The Morgan fingerprint density at radius 2 is 1.44 bits per heavy atom. The molecule has 2 saturated heterocycles. The normalized spacial score (nSPS) is 24.5. The summed E-state index contributed by atoms with van der Waals surface area (Å²) in [4.78, 5) is 56.3. The highest BCUT2D eigenvalue weighted by Gasteiger charge is 2.44. The molecule has 2 heterocycles. The van der Waals surface area contributed by atoms with Crippen LogP contribution in [0.1, 0.15) is 84.0 Å². The van der Waals surface area contributed by atoms with Crippen molar-refractivity contribution >= 4 is 39.6 Å². The monoisotopic (exact) mass is 691 g/mol. The van der Waals surface area contributed by atoms with Gasteiger partial charge in [0.05, 0.1) is 11.8 Å². The smallest absolute Gasteiger partial charge is 0.407 e. The number of carbonyl (C=O) groups is 4. The maximum atomic E-state index is 14.0. The van der Waals surface area contributed by atoms with E-state index < -0.39 is 39.3 Å². The van der Waals surface area contributed by atoms with Gasteiger partial charge in [-0.25, -0.2) is 18.0 Å². The molecule has 1 saturated carbocycles. The molecule has 14 heteroatoms. The lowest BCUT2D eigenvalue weighted by atomic mass is 9.81. The quantitative estimate of drug-likeness (QED) is 0.390. The van der Waals surface area contributed by atoms with Crippen LogP contribution in [0.25, 0.3) is 0 Å². The van der Waals surface area contributed by atoms with E-state index in [0.717, 1.165) is 12.8 Å². The third-order valence-electron chi connectivity index (χ3n) is 9.04. The number of hydrogen-bond donors (Lipinski definition) is 2. The summed E-state index contributed by atoms with van der Waals surface area (Å²) >= 11 is 0. The van der Waals surface area contributed by atoms with Crippen molar-refractivity contribution < 1.29 is 37.1 Å². The summed E-state index contributed by atoms with van der Waals surface area (Å²) in [7, 11) is -3.29. The first-order valence-corrected chi connectivity index (χ1v) is 18.7. The maximum absolute atomic E-state index is 14.0. The van der Waals surface area contributed by atoms with E-state index >= 15 is 0 Å². The SMILES string of the molecule is CC(C)(C)OC(=O)NC[C@H]1CC[C@H](C(=O)N2C[C@@H](N3CCN(S(C)(=O)=O)CC3)C[C@H]2C(=O)Nc2ccc(C(=O)OC(C)(C)C)cc2)CC1. The van der Waals surface area contributed by atoms with Gasteiger partial charge in [-0.2, -0.15) is 4.31 Å². The number of sulfonamides is 1. The molecule has 1 aliphatic carbocycles. The largest absolute Gasteiger partial charge is 0.456 e. The number of amides is 3. The molecule has 0 bridgehead atoms. The van der Waals surface area contributed by atoms with Crippen LogP contribution in [-0.4, -0.2) is 115 Å². The van der Waals surface area contributed by atoms with Crippen LogP contribution in [0, 0.1) is 11.8 Å². The van der Waals surface area contributed by atoms with Crippen molar-refractivity contribution in [3.05, 3.63) is 29.8 Å². The van der Waals surface area contributed by atoms with Crippen molar-refractivity contribution in [2.75, 3.05) is 50.8 Å². The molecule has 4 rings (SSSR count). The lowest BCUT2D eigenvalue weighted by molar-refractivity contribution is -0.141. The molecule has 2 aliphatic heterocycles. The lowest BCUT2D eigenvalue weighted by Crippen LogP contribution is -2.52. The van der Waals surface area contributed by atoms with Crippen LogP contribution in [0.2, 0.25) is 0 Å². The molecule has 0 aromatic heterocycles. The zero-order chi connectivity index (χ0) is 35.4. The van der Waals surface area contributed by atoms with Crippen LogP contribution in [0.3, 0.4) is 0 Å². The minimum Gasteiger partial charge on any atom is -0.456 e. The Hall–Kier alpha value is -3.23. The third-order valence-corrected chi connectivity index (χ3v) is 10.3. The zero-order valence-electron chi connectivity index (χ0n) is 29.4. The number of nitrogens with one attached hydrogen (secondary N) is 2. The first-order valence-electron chi connectivity index (χ1n) is 16.9. The van der Waals surface area contributed by atoms with Gasteiger partial charge in [0.2, 0.25) is 21.8 Å². The summed E-state index contributed by atoms with van der Waals surface area (Å²) in [6.07, 6.45) is 4.07. The first-order chi connectivity index (χ1) is 22.3. The second-order valence-electron chi connectivity index (χ2n) is 15.3. The van der Waals surface area contributed by atoms with Gasteiger partial charge in [-0.15, -0.1) is 0 Å². The van der Waals surface area contributed by atoms with Gasteiger partial charge in [-0.3, -0.25) is 14.5 Å². The average molecular weight is 692 g/mol. The molecule has 0 unspecified atom stereocenters. The number of nitrogens with zero attached hydrogens (tertiary/aromatic N) is 3. The minimum absolute atomic E-state index is 0.0498. The standard InChI is InChI=1S/C34H53N5O8S/c1-33(2,3)46-31(42)25-12-14-26(15-13-25)36-29(40)28-20-27(37-16-18-38(19-17-37)48(7,44)45)22-39(28)30(41)24-10-8-23(9-11-24)21-35-32(43)47-34(4,5)6/h12-15,23-24,27-28H,8-11,16-22H2,1-7H3,(H,35,43)(H,36,40)/t23-,24-,27-,28-/m0/s1. The summed E-state index contributed by atoms with van der Waals surface area (Å²) in [6.45, 7) is 13.5. The van der Waals surface area contributed by atoms with E-state index in [0.29, 0.717) is 69.8 Å². The molecule has 13 nitrogen and oxygen atoms in total. The average Bonchev–Trinajstić information content (AvgIpc) is 3.44. The van der Waals surface area contributed by atoms with Gasteiger partial charge in [0.25, 0.3) is 0 Å². The van der Waals surface area contributed by atoms with Crippen molar-refractivity contribution in [1.82, 2.24) is 19.4 Å². The number of hydrogen-bond acceptors (Lipinski definition) is 9. The van der Waals surface area contributed by atoms with Gasteiger partial charge in [-0.1, -0.05) is 0 Å². The van der Waals surface area contributed by atoms with E-state index in [2.05, 4.69) is 15.5 Å². The van der Waals surface area contributed by atoms with E-state index in [-0.39, 0.29) is 29.7 Å². The molecule has 2 atom stereocenters. The molecule has 3 aliphatic rings. The number of rotatable bonds is 8. The first kappa shape index (κ1) is 37.6. The number of ether oxygens (including phenoxy) is 2. The van der Waals surface area contributed by atoms with Gasteiger partial charge in [0.15, 0.2) is 0 Å². The van der Waals surface area contributed by atoms with Crippen LogP contribution < -0.4 is 10.6 Å². The highest BCUT2D eigenvalue weighted by atomic mass is 32.2. The Morgan fingerprint density at radius 1 is 0.854 bits per heavy atom. The summed E-state index contributed by atoms with van der Waals surface area (Å²) < 4.78 is 36.4. The number of piperazine rings is 1. The van der Waals surface area contributed by atoms with E-state index in [1.807, 2.05) is 20.8 Å². The van der Waals surface area contributed by atoms with Crippen molar-refractivity contribution in [3.8, 4) is 0 Å². The zero-order valence-corrected chi connectivity index (χ0v) is 30.2. The molecular formula is C34H53N5O8S. The van der Waals surface area contributed by atoms with Gasteiger partial charge >= 0.3 is 12.1 Å². The van der Waals surface area contributed by atoms with E-state index in [1.165, 1.54) is 10.6 Å². The molecule has 3 amide bonds. The van der Waals surface area contributed by atoms with Crippen LogP contribution >= 0.6 is 0 Å². The summed E-state index contributed by atoms with van der Waals surface area (Å²) in [5, 5.41) is 5.79. The highest BCUT2D eigenvalue weighted by Crippen LogP contribution is 2.33. The fourth-order valence-electron chi connectivity index (χ4n) is 6.61. The second-order valence-corrected chi connectivity index (χ2v) is 17.2. The van der Waals surface area contributed by atoms with Gasteiger partial charge in [0, 0.05) is 56.9 Å². The van der Waals surface area contributed by atoms with Crippen LogP contribution in [-0.2, 0) is 29.1 Å². The minimum atomic E-state index is -3.29. The van der Waals surface area contributed by atoms with Crippen LogP contribution in [0.4, 0.5) is 10.5 Å². The summed E-state index contributed by atoms with van der Waals surface area (Å²) in [5.74, 6) is -0.803. The van der Waals surface area contributed by atoms with Crippen molar-refractivity contribution in [2.24, 2.45) is 11.8 Å². The predicted octanol–water partition coefficient (Wildman–Crippen LogP) is 3.46. The molecule has 1 aromatic carbocycles. The topological polar surface area (TPSA) is 155 Å². The predicted molar refractivity (Wildman–Crippen MR) is 182 cm³/mol. The van der Waals surface area contributed by atoms with E-state index in [4.69, 9.17) is 9.47 Å². The molecule has 2 N–H and O–H groups in total.